The molecule has 0 saturated carbocycles. The molecule has 0 unspecified atom stereocenters. The minimum Gasteiger partial charge on any atom is -0.342 e. The van der Waals surface area contributed by atoms with Gasteiger partial charge in [-0.05, 0) is 43.5 Å². The highest BCUT2D eigenvalue weighted by atomic mass is 32.1. The largest absolute Gasteiger partial charge is 0.342 e. The number of carbonyl (C=O) groups is 2. The molecule has 0 radical (unpaired) electrons. The van der Waals surface area contributed by atoms with Gasteiger partial charge in [0, 0.05) is 17.1 Å². The maximum absolute atomic E-state index is 12.4. The molecule has 0 atom stereocenters. The van der Waals surface area contributed by atoms with E-state index in [2.05, 4.69) is 11.4 Å². The zero-order valence-electron chi connectivity index (χ0n) is 12.5. The van der Waals surface area contributed by atoms with Crippen molar-refractivity contribution in [1.82, 2.24) is 5.32 Å². The molecule has 114 valence electrons. The zero-order chi connectivity index (χ0) is 15.5. The summed E-state index contributed by atoms with van der Waals surface area (Å²) < 4.78 is 0. The number of carbonyl (C=O) groups excluding carboxylic acids is 2. The van der Waals surface area contributed by atoms with Gasteiger partial charge in [0.25, 0.3) is 5.91 Å². The van der Waals surface area contributed by atoms with Crippen LogP contribution in [0.25, 0.3) is 0 Å². The van der Waals surface area contributed by atoms with Crippen LogP contribution in [-0.2, 0) is 11.2 Å². The Kier molecular flexibility index (Phi) is 4.24. The van der Waals surface area contributed by atoms with Crippen LogP contribution in [0.4, 0.5) is 5.69 Å². The van der Waals surface area contributed by atoms with E-state index in [-0.39, 0.29) is 18.4 Å². The van der Waals surface area contributed by atoms with E-state index in [4.69, 9.17) is 0 Å². The molecule has 2 aromatic rings. The molecule has 4 nitrogen and oxygen atoms in total. The Morgan fingerprint density at radius 2 is 2.05 bits per heavy atom. The summed E-state index contributed by atoms with van der Waals surface area (Å²) in [6.45, 7) is 2.70. The standard InChI is InChI=1S/C17H18N2O2S/c1-12-8-9-15(22-12)17(21)18-11-16(20)19-10-4-6-13-5-2-3-7-14(13)19/h2-3,5,7-9H,4,6,10-11H2,1H3,(H,18,21). The highest BCUT2D eigenvalue weighted by Crippen LogP contribution is 2.26. The topological polar surface area (TPSA) is 49.4 Å². The van der Waals surface area contributed by atoms with Gasteiger partial charge in [0.1, 0.15) is 0 Å². The number of aryl methyl sites for hydroxylation is 2. The van der Waals surface area contributed by atoms with Gasteiger partial charge < -0.3 is 10.2 Å². The third kappa shape index (κ3) is 3.04. The molecule has 0 spiro atoms. The SMILES string of the molecule is Cc1ccc(C(=O)NCC(=O)N2CCCc3ccccc32)s1. The predicted octanol–water partition coefficient (Wildman–Crippen LogP) is 2.77. The Hall–Kier alpha value is -2.14. The number of thiophene rings is 1. The van der Waals surface area contributed by atoms with Gasteiger partial charge in [-0.1, -0.05) is 18.2 Å². The Bertz CT molecular complexity index is 708. The molecule has 5 heteroatoms. The highest BCUT2D eigenvalue weighted by molar-refractivity contribution is 7.13. The third-order valence-electron chi connectivity index (χ3n) is 3.78. The highest BCUT2D eigenvalue weighted by Gasteiger charge is 2.22. The first-order valence-corrected chi connectivity index (χ1v) is 8.20. The van der Waals surface area contributed by atoms with E-state index in [0.29, 0.717) is 11.4 Å². The van der Waals surface area contributed by atoms with Crippen LogP contribution in [0.3, 0.4) is 0 Å². The molecule has 3 rings (SSSR count). The molecule has 1 aliphatic rings. The summed E-state index contributed by atoms with van der Waals surface area (Å²) in [7, 11) is 0. The maximum atomic E-state index is 12.4. The second-order valence-electron chi connectivity index (χ2n) is 5.37. The van der Waals surface area contributed by atoms with Crippen LogP contribution >= 0.6 is 11.3 Å². The van der Waals surface area contributed by atoms with Gasteiger partial charge in [0.15, 0.2) is 0 Å². The van der Waals surface area contributed by atoms with Crippen molar-refractivity contribution in [2.24, 2.45) is 0 Å². The summed E-state index contributed by atoms with van der Waals surface area (Å²) in [5.74, 6) is -0.245. The molecular formula is C17H18N2O2S. The number of fused-ring (bicyclic) bond motifs is 1. The fraction of sp³-hybridized carbons (Fsp3) is 0.294. The van der Waals surface area contributed by atoms with Crippen LogP contribution in [0.5, 0.6) is 0 Å². The number of benzene rings is 1. The number of anilines is 1. The molecule has 1 aliphatic heterocycles. The van der Waals surface area contributed by atoms with Crippen molar-refractivity contribution in [3.8, 4) is 0 Å². The normalized spacial score (nSPS) is 13.6. The number of rotatable bonds is 3. The molecule has 0 saturated heterocycles. The van der Waals surface area contributed by atoms with E-state index < -0.39 is 0 Å². The minimum atomic E-state index is -0.184. The van der Waals surface area contributed by atoms with E-state index in [1.165, 1.54) is 16.9 Å². The number of hydrogen-bond donors (Lipinski definition) is 1. The summed E-state index contributed by atoms with van der Waals surface area (Å²) in [4.78, 5) is 27.9. The molecule has 22 heavy (non-hydrogen) atoms. The monoisotopic (exact) mass is 314 g/mol. The van der Waals surface area contributed by atoms with Gasteiger partial charge in [-0.25, -0.2) is 0 Å². The molecule has 1 N–H and O–H groups in total. The summed E-state index contributed by atoms with van der Waals surface area (Å²) in [5, 5.41) is 2.72. The second kappa shape index (κ2) is 6.32. The number of nitrogens with zero attached hydrogens (tertiary/aromatic N) is 1. The van der Waals surface area contributed by atoms with E-state index >= 15 is 0 Å². The van der Waals surface area contributed by atoms with Crippen LogP contribution < -0.4 is 10.2 Å². The summed E-state index contributed by atoms with van der Waals surface area (Å²) in [6.07, 6.45) is 1.96. The van der Waals surface area contributed by atoms with Gasteiger partial charge in [-0.2, -0.15) is 0 Å². The van der Waals surface area contributed by atoms with Gasteiger partial charge in [0.2, 0.25) is 5.91 Å². The lowest BCUT2D eigenvalue weighted by Crippen LogP contribution is -2.42. The van der Waals surface area contributed by atoms with Crippen molar-refractivity contribution in [2.45, 2.75) is 19.8 Å². The second-order valence-corrected chi connectivity index (χ2v) is 6.66. The molecule has 0 bridgehead atoms. The molecule has 2 amide bonds. The Morgan fingerprint density at radius 1 is 1.23 bits per heavy atom. The van der Waals surface area contributed by atoms with Crippen LogP contribution in [0.15, 0.2) is 36.4 Å². The van der Waals surface area contributed by atoms with Crippen molar-refractivity contribution in [3.05, 3.63) is 51.7 Å². The molecule has 2 heterocycles. The number of amides is 2. The number of para-hydroxylation sites is 1. The van der Waals surface area contributed by atoms with Crippen molar-refractivity contribution in [1.29, 1.82) is 0 Å². The van der Waals surface area contributed by atoms with Crippen molar-refractivity contribution in [3.63, 3.8) is 0 Å². The maximum Gasteiger partial charge on any atom is 0.261 e. The lowest BCUT2D eigenvalue weighted by atomic mass is 10.0. The Balaban J connectivity index is 1.65. The average Bonchev–Trinajstić information content (AvgIpc) is 2.98. The number of nitrogens with one attached hydrogen (secondary N) is 1. The fourth-order valence-electron chi connectivity index (χ4n) is 2.69. The van der Waals surface area contributed by atoms with Crippen molar-refractivity contribution in [2.75, 3.05) is 18.0 Å². The minimum absolute atomic E-state index is 0.0319. The first kappa shape index (κ1) is 14.8. The van der Waals surface area contributed by atoms with E-state index in [9.17, 15) is 9.59 Å². The predicted molar refractivity (Wildman–Crippen MR) is 88.5 cm³/mol. The van der Waals surface area contributed by atoms with Gasteiger partial charge in [0.05, 0.1) is 11.4 Å². The van der Waals surface area contributed by atoms with Gasteiger partial charge in [-0.3, -0.25) is 9.59 Å². The first-order valence-electron chi connectivity index (χ1n) is 7.38. The van der Waals surface area contributed by atoms with Crippen LogP contribution in [0.2, 0.25) is 0 Å². The summed E-state index contributed by atoms with van der Waals surface area (Å²) in [5.41, 5.74) is 2.17. The fourth-order valence-corrected chi connectivity index (χ4v) is 3.47. The molecular weight excluding hydrogens is 296 g/mol. The molecule has 1 aromatic heterocycles. The number of hydrogen-bond acceptors (Lipinski definition) is 3. The summed E-state index contributed by atoms with van der Waals surface area (Å²) in [6, 6.07) is 11.7. The smallest absolute Gasteiger partial charge is 0.261 e. The lowest BCUT2D eigenvalue weighted by Gasteiger charge is -2.29. The Morgan fingerprint density at radius 3 is 2.82 bits per heavy atom. The lowest BCUT2D eigenvalue weighted by molar-refractivity contribution is -0.117. The first-order chi connectivity index (χ1) is 10.6. The molecule has 0 aliphatic carbocycles. The Labute approximate surface area is 133 Å². The third-order valence-corrected chi connectivity index (χ3v) is 4.78. The average molecular weight is 314 g/mol. The van der Waals surface area contributed by atoms with Crippen LogP contribution in [0.1, 0.15) is 26.5 Å². The molecule has 0 fully saturated rings. The van der Waals surface area contributed by atoms with Gasteiger partial charge >= 0.3 is 0 Å². The quantitative estimate of drug-likeness (QED) is 0.947. The van der Waals surface area contributed by atoms with Crippen LogP contribution in [0, 0.1) is 6.92 Å². The van der Waals surface area contributed by atoms with E-state index in [1.54, 1.807) is 11.0 Å². The van der Waals surface area contributed by atoms with Gasteiger partial charge in [-0.15, -0.1) is 11.3 Å². The van der Waals surface area contributed by atoms with Crippen molar-refractivity contribution >= 4 is 28.8 Å². The van der Waals surface area contributed by atoms with Crippen LogP contribution in [-0.4, -0.2) is 24.9 Å². The molecule has 1 aromatic carbocycles. The zero-order valence-corrected chi connectivity index (χ0v) is 13.3. The van der Waals surface area contributed by atoms with E-state index in [1.807, 2.05) is 31.2 Å². The van der Waals surface area contributed by atoms with E-state index in [0.717, 1.165) is 23.4 Å². The summed E-state index contributed by atoms with van der Waals surface area (Å²) >= 11 is 1.43. The van der Waals surface area contributed by atoms with Crippen molar-refractivity contribution < 1.29 is 9.59 Å².